The third kappa shape index (κ3) is 4100. The van der Waals surface area contributed by atoms with Gasteiger partial charge in [-0.1, -0.05) is 0 Å². The standard InChI is InChI=1S/C2H4O2.2Mn.NO3/c1-2(3)4;;;2-1(3)4/h1H3,(H,3,4);;;/q;;;-1/p-1. The summed E-state index contributed by atoms with van der Waals surface area (Å²) in [6.07, 6.45) is 0. The Morgan fingerprint density at radius 3 is 1.30 bits per heavy atom. The van der Waals surface area contributed by atoms with Crippen LogP contribution in [0.3, 0.4) is 0 Å². The van der Waals surface area contributed by atoms with Gasteiger partial charge in [-0.05, 0) is 6.92 Å². The SMILES string of the molecule is CC(=O)[O-].O=[N+]([O-])[O-].[Mn].[Mn]. The van der Waals surface area contributed by atoms with E-state index in [0.717, 1.165) is 6.92 Å². The van der Waals surface area contributed by atoms with Crippen molar-refractivity contribution < 1.29 is 49.1 Å². The topological polar surface area (TPSA) is 106 Å². The Bertz CT molecular complexity index is 75.6. The van der Waals surface area contributed by atoms with E-state index in [0.29, 0.717) is 0 Å². The van der Waals surface area contributed by atoms with E-state index in [9.17, 15) is 0 Å². The van der Waals surface area contributed by atoms with E-state index in [2.05, 4.69) is 0 Å². The van der Waals surface area contributed by atoms with Crippen molar-refractivity contribution in [2.75, 3.05) is 0 Å². The zero-order valence-corrected chi connectivity index (χ0v) is 7.11. The van der Waals surface area contributed by atoms with Crippen molar-refractivity contribution in [3.63, 3.8) is 0 Å². The van der Waals surface area contributed by atoms with Crippen LogP contribution in [0.4, 0.5) is 0 Å². The van der Waals surface area contributed by atoms with Crippen molar-refractivity contribution in [3.8, 4) is 0 Å². The maximum atomic E-state index is 8.89. The Kier molecular flexibility index (Phi) is 35.9. The molecule has 0 rings (SSSR count). The minimum atomic E-state index is -1.75. The van der Waals surface area contributed by atoms with E-state index >= 15 is 0 Å². The molecular formula is C2H3Mn2NO5-2. The number of carbonyl (C=O) groups is 1. The van der Waals surface area contributed by atoms with Gasteiger partial charge in [-0.2, -0.15) is 0 Å². The molecule has 0 aliphatic heterocycles. The van der Waals surface area contributed by atoms with Crippen LogP contribution in [0.1, 0.15) is 6.92 Å². The van der Waals surface area contributed by atoms with Crippen LogP contribution < -0.4 is 5.11 Å². The first-order valence-electron chi connectivity index (χ1n) is 1.46. The molecule has 0 aromatic rings. The molecule has 0 saturated heterocycles. The van der Waals surface area contributed by atoms with E-state index < -0.39 is 11.1 Å². The molecule has 0 aromatic heterocycles. The molecule has 0 saturated carbocycles. The first-order valence-corrected chi connectivity index (χ1v) is 1.46. The average molecular weight is 231 g/mol. The smallest absolute Gasteiger partial charge is 0.0689 e. The summed E-state index contributed by atoms with van der Waals surface area (Å²) in [6, 6.07) is 0. The number of rotatable bonds is 0. The van der Waals surface area contributed by atoms with Gasteiger partial charge in [0.05, 0.1) is 5.09 Å². The Balaban J connectivity index is -0.0000000300. The molecule has 6 nitrogen and oxygen atoms in total. The maximum absolute atomic E-state index is 8.89. The van der Waals surface area contributed by atoms with Gasteiger partial charge in [0, 0.05) is 40.1 Å². The summed E-state index contributed by atoms with van der Waals surface area (Å²) in [7, 11) is 0. The Labute approximate surface area is 77.7 Å². The van der Waals surface area contributed by atoms with Crippen molar-refractivity contribution in [1.82, 2.24) is 0 Å². The minimum absolute atomic E-state index is 0. The van der Waals surface area contributed by atoms with Crippen LogP contribution in [0, 0.1) is 15.3 Å². The number of carboxylic acid groups (broad SMARTS) is 1. The van der Waals surface area contributed by atoms with Crippen molar-refractivity contribution in [3.05, 3.63) is 15.3 Å². The molecule has 0 fully saturated rings. The Hall–Kier alpha value is -0.291. The van der Waals surface area contributed by atoms with Gasteiger partial charge in [-0.25, -0.2) is 0 Å². The minimum Gasteiger partial charge on any atom is -0.550 e. The molecule has 0 spiro atoms. The van der Waals surface area contributed by atoms with Crippen molar-refractivity contribution in [2.24, 2.45) is 0 Å². The van der Waals surface area contributed by atoms with Gasteiger partial charge in [0.1, 0.15) is 0 Å². The van der Waals surface area contributed by atoms with Crippen molar-refractivity contribution in [1.29, 1.82) is 0 Å². The quantitative estimate of drug-likeness (QED) is 0.287. The van der Waals surface area contributed by atoms with Crippen LogP contribution in [0.2, 0.25) is 0 Å². The molecule has 0 atom stereocenters. The molecule has 0 aliphatic carbocycles. The van der Waals surface area contributed by atoms with E-state index in [1.807, 2.05) is 0 Å². The fraction of sp³-hybridized carbons (Fsp3) is 0.500. The summed E-state index contributed by atoms with van der Waals surface area (Å²) in [5.74, 6) is -1.08. The van der Waals surface area contributed by atoms with Gasteiger partial charge in [0.25, 0.3) is 0 Å². The summed E-state index contributed by atoms with van der Waals surface area (Å²) in [4.78, 5) is 17.1. The van der Waals surface area contributed by atoms with Gasteiger partial charge in [0.2, 0.25) is 0 Å². The number of carboxylic acids is 1. The molecule has 0 heterocycles. The predicted molar refractivity (Wildman–Crippen MR) is 21.0 cm³/mol. The second-order valence-electron chi connectivity index (χ2n) is 0.715. The molecule has 0 aromatic carbocycles. The van der Waals surface area contributed by atoms with Crippen molar-refractivity contribution >= 4 is 5.97 Å². The second-order valence-corrected chi connectivity index (χ2v) is 0.715. The molecule has 10 heavy (non-hydrogen) atoms. The molecule has 2 radical (unpaired) electrons. The van der Waals surface area contributed by atoms with Crippen LogP contribution in [-0.4, -0.2) is 11.1 Å². The largest absolute Gasteiger partial charge is 0.550 e. The number of hydrogen-bond donors (Lipinski definition) is 0. The summed E-state index contributed by atoms with van der Waals surface area (Å²) in [5.41, 5.74) is 0. The van der Waals surface area contributed by atoms with Gasteiger partial charge >= 0.3 is 0 Å². The Morgan fingerprint density at radius 1 is 1.30 bits per heavy atom. The summed E-state index contributed by atoms with van der Waals surface area (Å²) in [6.45, 7) is 0.972. The van der Waals surface area contributed by atoms with E-state index in [-0.39, 0.29) is 34.1 Å². The van der Waals surface area contributed by atoms with Crippen LogP contribution in [0.15, 0.2) is 0 Å². The first-order chi connectivity index (χ1) is 3.46. The van der Waals surface area contributed by atoms with E-state index in [1.54, 1.807) is 0 Å². The van der Waals surface area contributed by atoms with Gasteiger partial charge in [0.15, 0.2) is 0 Å². The average Bonchev–Trinajstić information content (AvgIpc) is 1.25. The monoisotopic (exact) mass is 231 g/mol. The summed E-state index contributed by atoms with van der Waals surface area (Å²) < 4.78 is 0. The summed E-state index contributed by atoms with van der Waals surface area (Å²) in [5, 5.41) is 23.6. The third-order valence-corrected chi connectivity index (χ3v) is 0. The molecular weight excluding hydrogens is 228 g/mol. The van der Waals surface area contributed by atoms with E-state index in [1.165, 1.54) is 0 Å². The van der Waals surface area contributed by atoms with Gasteiger partial charge in [-0.3, -0.25) is 0 Å². The predicted octanol–water partition coefficient (Wildman–Crippen LogP) is -1.49. The number of nitrogens with zero attached hydrogens (tertiary/aromatic N) is 1. The molecule has 62 valence electrons. The normalized spacial score (nSPS) is 4.90. The molecule has 0 amide bonds. The van der Waals surface area contributed by atoms with Crippen LogP contribution in [0.25, 0.3) is 0 Å². The fourth-order valence-electron chi connectivity index (χ4n) is 0. The van der Waals surface area contributed by atoms with Gasteiger partial charge in [-0.15, -0.1) is 0 Å². The maximum Gasteiger partial charge on any atom is 0.0689 e. The van der Waals surface area contributed by atoms with E-state index in [4.69, 9.17) is 25.2 Å². The Morgan fingerprint density at radius 2 is 1.30 bits per heavy atom. The van der Waals surface area contributed by atoms with Crippen molar-refractivity contribution in [2.45, 2.75) is 6.92 Å². The molecule has 0 aliphatic rings. The third-order valence-electron chi connectivity index (χ3n) is 0. The van der Waals surface area contributed by atoms with Crippen LogP contribution in [-0.2, 0) is 38.9 Å². The molecule has 0 bridgehead atoms. The first kappa shape index (κ1) is 22.6. The van der Waals surface area contributed by atoms with Gasteiger partial charge < -0.3 is 25.2 Å². The zero-order chi connectivity index (χ0) is 7.15. The number of aliphatic carboxylic acids is 1. The second kappa shape index (κ2) is 15.9. The number of hydrogen-bond acceptors (Lipinski definition) is 5. The molecule has 0 unspecified atom stereocenters. The fourth-order valence-corrected chi connectivity index (χ4v) is 0. The zero-order valence-electron chi connectivity index (χ0n) is 4.74. The van der Waals surface area contributed by atoms with Crippen LogP contribution in [0.5, 0.6) is 0 Å². The molecule has 0 N–H and O–H groups in total. The number of carbonyl (C=O) groups excluding carboxylic acids is 1. The summed E-state index contributed by atoms with van der Waals surface area (Å²) >= 11 is 0. The van der Waals surface area contributed by atoms with Crippen LogP contribution >= 0.6 is 0 Å². The molecule has 8 heteroatoms.